The standard InChI is InChI=1S/C16H24N2O2S2/c1-3-10-18(15-9-11-22(19,20)12-15)16(21)17-14-7-5-13(4-2)6-8-14/h5-8,15H,3-4,9-12H2,1-2H3,(H,17,21)/t15-/m1/s1. The van der Waals surface area contributed by atoms with Gasteiger partial charge in [-0.3, -0.25) is 0 Å². The van der Waals surface area contributed by atoms with Crippen molar-refractivity contribution < 1.29 is 8.42 Å². The summed E-state index contributed by atoms with van der Waals surface area (Å²) in [6.45, 7) is 4.98. The van der Waals surface area contributed by atoms with E-state index in [1.165, 1.54) is 5.56 Å². The third kappa shape index (κ3) is 4.43. The van der Waals surface area contributed by atoms with Gasteiger partial charge in [-0.2, -0.15) is 0 Å². The Labute approximate surface area is 138 Å². The molecule has 1 heterocycles. The summed E-state index contributed by atoms with van der Waals surface area (Å²) in [5.41, 5.74) is 2.23. The average molecular weight is 341 g/mol. The van der Waals surface area contributed by atoms with Crippen LogP contribution in [0.1, 0.15) is 32.3 Å². The molecule has 0 bridgehead atoms. The summed E-state index contributed by atoms with van der Waals surface area (Å²) in [6, 6.07) is 8.19. The van der Waals surface area contributed by atoms with Crippen LogP contribution >= 0.6 is 12.2 Å². The van der Waals surface area contributed by atoms with E-state index in [1.807, 2.05) is 17.0 Å². The van der Waals surface area contributed by atoms with Gasteiger partial charge in [-0.1, -0.05) is 26.0 Å². The molecule has 0 aromatic heterocycles. The van der Waals surface area contributed by atoms with E-state index in [9.17, 15) is 8.42 Å². The fraction of sp³-hybridized carbons (Fsp3) is 0.562. The first-order valence-electron chi connectivity index (χ1n) is 7.82. The quantitative estimate of drug-likeness (QED) is 0.835. The van der Waals surface area contributed by atoms with Crippen molar-refractivity contribution in [1.29, 1.82) is 0 Å². The van der Waals surface area contributed by atoms with E-state index in [2.05, 4.69) is 31.3 Å². The van der Waals surface area contributed by atoms with Crippen LogP contribution < -0.4 is 5.32 Å². The third-order valence-corrected chi connectivity index (χ3v) is 6.07. The van der Waals surface area contributed by atoms with Gasteiger partial charge in [0.1, 0.15) is 0 Å². The van der Waals surface area contributed by atoms with Gasteiger partial charge in [-0.15, -0.1) is 0 Å². The van der Waals surface area contributed by atoms with Crippen LogP contribution in [0.3, 0.4) is 0 Å². The predicted octanol–water partition coefficient (Wildman–Crippen LogP) is 2.84. The molecule has 0 saturated carbocycles. The first kappa shape index (κ1) is 17.2. The van der Waals surface area contributed by atoms with E-state index in [0.717, 1.165) is 25.1 Å². The molecule has 0 amide bonds. The van der Waals surface area contributed by atoms with Crippen molar-refractivity contribution in [1.82, 2.24) is 4.90 Å². The van der Waals surface area contributed by atoms with Gasteiger partial charge in [0.2, 0.25) is 0 Å². The van der Waals surface area contributed by atoms with Crippen molar-refractivity contribution in [2.45, 2.75) is 39.2 Å². The van der Waals surface area contributed by atoms with Crippen LogP contribution in [0.5, 0.6) is 0 Å². The maximum atomic E-state index is 11.7. The fourth-order valence-corrected chi connectivity index (χ4v) is 4.82. The van der Waals surface area contributed by atoms with E-state index in [4.69, 9.17) is 12.2 Å². The molecular formula is C16H24N2O2S2. The van der Waals surface area contributed by atoms with Gasteiger partial charge in [0.25, 0.3) is 0 Å². The molecule has 1 N–H and O–H groups in total. The molecule has 0 aliphatic carbocycles. The Hall–Kier alpha value is -1.14. The molecule has 1 saturated heterocycles. The van der Waals surface area contributed by atoms with Gasteiger partial charge < -0.3 is 10.2 Å². The first-order chi connectivity index (χ1) is 10.4. The highest BCUT2D eigenvalue weighted by atomic mass is 32.2. The van der Waals surface area contributed by atoms with Crippen LogP contribution in [0.25, 0.3) is 0 Å². The molecule has 2 rings (SSSR count). The van der Waals surface area contributed by atoms with Gasteiger partial charge in [-0.05, 0) is 49.2 Å². The summed E-state index contributed by atoms with van der Waals surface area (Å²) in [6.07, 6.45) is 2.61. The second-order valence-corrected chi connectivity index (χ2v) is 8.35. The Balaban J connectivity index is 2.05. The average Bonchev–Trinajstić information content (AvgIpc) is 2.85. The summed E-state index contributed by atoms with van der Waals surface area (Å²) in [4.78, 5) is 2.04. The second-order valence-electron chi connectivity index (χ2n) is 5.73. The third-order valence-electron chi connectivity index (χ3n) is 3.99. The van der Waals surface area contributed by atoms with Crippen LogP contribution in [0, 0.1) is 0 Å². The van der Waals surface area contributed by atoms with Crippen molar-refractivity contribution >= 4 is 32.9 Å². The van der Waals surface area contributed by atoms with Crippen LogP contribution in [0.2, 0.25) is 0 Å². The SMILES string of the molecule is CCCN(C(=S)Nc1ccc(CC)cc1)[C@@H]1CCS(=O)(=O)C1. The Morgan fingerprint density at radius 2 is 2.00 bits per heavy atom. The minimum atomic E-state index is -2.90. The largest absolute Gasteiger partial charge is 0.345 e. The lowest BCUT2D eigenvalue weighted by Crippen LogP contribution is -2.43. The summed E-state index contributed by atoms with van der Waals surface area (Å²) >= 11 is 5.52. The number of nitrogens with zero attached hydrogens (tertiary/aromatic N) is 1. The van der Waals surface area contributed by atoms with Crippen molar-refractivity contribution in [3.8, 4) is 0 Å². The van der Waals surface area contributed by atoms with E-state index in [-0.39, 0.29) is 17.5 Å². The number of thiocarbonyl (C=S) groups is 1. The van der Waals surface area contributed by atoms with Crippen LogP contribution in [0.15, 0.2) is 24.3 Å². The molecule has 1 atom stereocenters. The number of hydrogen-bond donors (Lipinski definition) is 1. The maximum absolute atomic E-state index is 11.7. The van der Waals surface area contributed by atoms with E-state index >= 15 is 0 Å². The molecule has 4 nitrogen and oxygen atoms in total. The lowest BCUT2D eigenvalue weighted by Gasteiger charge is -2.30. The summed E-state index contributed by atoms with van der Waals surface area (Å²) in [7, 11) is -2.90. The van der Waals surface area contributed by atoms with Gasteiger partial charge in [0.15, 0.2) is 14.9 Å². The number of anilines is 1. The molecule has 1 fully saturated rings. The summed E-state index contributed by atoms with van der Waals surface area (Å²) < 4.78 is 23.4. The van der Waals surface area contributed by atoms with E-state index in [0.29, 0.717) is 11.5 Å². The molecule has 6 heteroatoms. The molecule has 22 heavy (non-hydrogen) atoms. The molecule has 0 spiro atoms. The molecular weight excluding hydrogens is 316 g/mol. The van der Waals surface area contributed by atoms with Crippen molar-refractivity contribution in [2.75, 3.05) is 23.4 Å². The lowest BCUT2D eigenvalue weighted by molar-refractivity contribution is 0.339. The Kier molecular flexibility index (Phi) is 5.81. The predicted molar refractivity (Wildman–Crippen MR) is 96.1 cm³/mol. The van der Waals surface area contributed by atoms with Crippen LogP contribution in [0.4, 0.5) is 5.69 Å². The van der Waals surface area contributed by atoms with Crippen LogP contribution in [-0.2, 0) is 16.3 Å². The number of benzene rings is 1. The van der Waals surface area contributed by atoms with Crippen molar-refractivity contribution in [3.63, 3.8) is 0 Å². The van der Waals surface area contributed by atoms with Gasteiger partial charge in [-0.25, -0.2) is 8.42 Å². The highest BCUT2D eigenvalue weighted by molar-refractivity contribution is 7.91. The maximum Gasteiger partial charge on any atom is 0.173 e. The molecule has 1 aromatic carbocycles. The zero-order chi connectivity index (χ0) is 16.2. The Morgan fingerprint density at radius 1 is 1.32 bits per heavy atom. The minimum Gasteiger partial charge on any atom is -0.345 e. The normalized spacial score (nSPS) is 19.8. The highest BCUT2D eigenvalue weighted by Crippen LogP contribution is 2.20. The lowest BCUT2D eigenvalue weighted by atomic mass is 10.1. The zero-order valence-corrected chi connectivity index (χ0v) is 14.8. The monoisotopic (exact) mass is 340 g/mol. The van der Waals surface area contributed by atoms with Crippen molar-refractivity contribution in [2.24, 2.45) is 0 Å². The van der Waals surface area contributed by atoms with E-state index in [1.54, 1.807) is 0 Å². The highest BCUT2D eigenvalue weighted by Gasteiger charge is 2.33. The summed E-state index contributed by atoms with van der Waals surface area (Å²) in [5.74, 6) is 0.481. The van der Waals surface area contributed by atoms with E-state index < -0.39 is 9.84 Å². The Bertz CT molecular complexity index is 612. The van der Waals surface area contributed by atoms with Gasteiger partial charge in [0, 0.05) is 18.3 Å². The molecule has 0 unspecified atom stereocenters. The zero-order valence-electron chi connectivity index (χ0n) is 13.2. The smallest absolute Gasteiger partial charge is 0.173 e. The van der Waals surface area contributed by atoms with Crippen molar-refractivity contribution in [3.05, 3.63) is 29.8 Å². The minimum absolute atomic E-state index is 0.000125. The Morgan fingerprint density at radius 3 is 2.50 bits per heavy atom. The molecule has 1 aliphatic rings. The summed E-state index contributed by atoms with van der Waals surface area (Å²) in [5, 5.41) is 3.86. The second kappa shape index (κ2) is 7.42. The number of rotatable bonds is 5. The molecule has 122 valence electrons. The molecule has 1 aliphatic heterocycles. The number of sulfone groups is 1. The number of nitrogens with one attached hydrogen (secondary N) is 1. The van der Waals surface area contributed by atoms with Gasteiger partial charge in [0.05, 0.1) is 11.5 Å². The molecule has 0 radical (unpaired) electrons. The van der Waals surface area contributed by atoms with Gasteiger partial charge >= 0.3 is 0 Å². The number of hydrogen-bond acceptors (Lipinski definition) is 3. The first-order valence-corrected chi connectivity index (χ1v) is 10.0. The fourth-order valence-electron chi connectivity index (χ4n) is 2.73. The molecule has 1 aromatic rings. The number of aryl methyl sites for hydroxylation is 1. The topological polar surface area (TPSA) is 49.4 Å². The van der Waals surface area contributed by atoms with Crippen LogP contribution in [-0.4, -0.2) is 42.5 Å².